The summed E-state index contributed by atoms with van der Waals surface area (Å²) >= 11 is 7.31. The maximum Gasteiger partial charge on any atom is 0.272 e. The second-order valence-corrected chi connectivity index (χ2v) is 9.17. The van der Waals surface area contributed by atoms with Crippen LogP contribution in [0.25, 0.3) is 11.4 Å². The van der Waals surface area contributed by atoms with E-state index in [9.17, 15) is 18.4 Å². The molecule has 0 bridgehead atoms. The van der Waals surface area contributed by atoms with Crippen LogP contribution in [0.2, 0.25) is 5.02 Å². The first-order chi connectivity index (χ1) is 16.3. The van der Waals surface area contributed by atoms with E-state index in [2.05, 4.69) is 20.6 Å². The predicted octanol–water partition coefficient (Wildman–Crippen LogP) is 2.86. The molecule has 1 atom stereocenters. The normalized spacial score (nSPS) is 14.9. The van der Waals surface area contributed by atoms with Crippen LogP contribution in [0.5, 0.6) is 0 Å². The summed E-state index contributed by atoms with van der Waals surface area (Å²) in [6, 6.07) is 1.01. The lowest BCUT2D eigenvalue weighted by Crippen LogP contribution is -2.47. The molecule has 34 heavy (non-hydrogen) atoms. The summed E-state index contributed by atoms with van der Waals surface area (Å²) in [5.74, 6) is -2.46. The average molecular weight is 509 g/mol. The Morgan fingerprint density at radius 2 is 2.06 bits per heavy atom. The van der Waals surface area contributed by atoms with Crippen LogP contribution in [0.15, 0.2) is 23.0 Å². The molecule has 2 N–H and O–H groups in total. The fourth-order valence-corrected chi connectivity index (χ4v) is 4.69. The van der Waals surface area contributed by atoms with Gasteiger partial charge in [0.2, 0.25) is 5.91 Å². The molecule has 1 aliphatic heterocycles. The molecule has 180 valence electrons. The highest BCUT2D eigenvalue weighted by atomic mass is 35.5. The highest BCUT2D eigenvalue weighted by molar-refractivity contribution is 7.07. The number of hydrogen-bond donors (Lipinski definition) is 2. The van der Waals surface area contributed by atoms with Crippen LogP contribution in [0, 0.1) is 11.6 Å². The Bertz CT molecular complexity index is 1220. The average Bonchev–Trinajstić information content (AvgIpc) is 3.39. The van der Waals surface area contributed by atoms with Gasteiger partial charge in [0.1, 0.15) is 23.5 Å². The Morgan fingerprint density at radius 3 is 2.76 bits per heavy atom. The number of aromatic nitrogens is 3. The van der Waals surface area contributed by atoms with E-state index in [1.54, 1.807) is 15.5 Å². The molecule has 0 saturated carbocycles. The first-order valence-electron chi connectivity index (χ1n) is 10.6. The summed E-state index contributed by atoms with van der Waals surface area (Å²) in [7, 11) is 3.40. The van der Waals surface area contributed by atoms with E-state index in [0.717, 1.165) is 13.0 Å². The van der Waals surface area contributed by atoms with Gasteiger partial charge in [-0.2, -0.15) is 0 Å². The largest absolute Gasteiger partial charge is 0.357 e. The van der Waals surface area contributed by atoms with Crippen molar-refractivity contribution >= 4 is 34.8 Å². The van der Waals surface area contributed by atoms with Gasteiger partial charge < -0.3 is 20.1 Å². The van der Waals surface area contributed by atoms with Crippen molar-refractivity contribution in [2.24, 2.45) is 0 Å². The molecule has 3 heterocycles. The molecule has 0 aliphatic carbocycles. The minimum atomic E-state index is -0.876. The van der Waals surface area contributed by atoms with Crippen molar-refractivity contribution in [2.75, 3.05) is 20.6 Å². The smallest absolute Gasteiger partial charge is 0.272 e. The van der Waals surface area contributed by atoms with Crippen molar-refractivity contribution in [2.45, 2.75) is 32.0 Å². The SMILES string of the molecule is CNC(=O)C(Cc1cscn1)NC(=O)c1nc(-c2cc(Cl)c(F)cc2F)n2c1CN(C)CCC2. The molecule has 0 spiro atoms. The van der Waals surface area contributed by atoms with Crippen LogP contribution in [-0.2, 0) is 24.3 Å². The van der Waals surface area contributed by atoms with Gasteiger partial charge in [0, 0.05) is 38.0 Å². The summed E-state index contributed by atoms with van der Waals surface area (Å²) in [5, 5.41) is 6.86. The van der Waals surface area contributed by atoms with Gasteiger partial charge in [0.25, 0.3) is 5.91 Å². The van der Waals surface area contributed by atoms with Crippen LogP contribution in [0.3, 0.4) is 0 Å². The molecule has 4 rings (SSSR count). The zero-order valence-electron chi connectivity index (χ0n) is 18.6. The van der Waals surface area contributed by atoms with Crippen LogP contribution in [-0.4, -0.2) is 57.9 Å². The van der Waals surface area contributed by atoms with Crippen molar-refractivity contribution in [1.82, 2.24) is 30.1 Å². The van der Waals surface area contributed by atoms with Crippen molar-refractivity contribution in [3.8, 4) is 11.4 Å². The Labute approximate surface area is 204 Å². The zero-order valence-corrected chi connectivity index (χ0v) is 20.1. The zero-order chi connectivity index (χ0) is 24.4. The molecule has 1 unspecified atom stereocenters. The number of imidazole rings is 1. The fourth-order valence-electron chi connectivity index (χ4n) is 3.96. The van der Waals surface area contributed by atoms with Gasteiger partial charge in [-0.3, -0.25) is 9.59 Å². The summed E-state index contributed by atoms with van der Waals surface area (Å²) in [6.07, 6.45) is 0.953. The summed E-state index contributed by atoms with van der Waals surface area (Å²) < 4.78 is 30.3. The standard InChI is InChI=1S/C22H23ClF2N6O2S/c1-26-21(32)17(6-12-10-34-11-27-12)28-22(33)19-18-9-30(2)4-3-5-31(18)20(29-19)13-7-14(23)16(25)8-15(13)24/h7-8,10-11,17H,3-6,9H2,1-2H3,(H,26,32)(H,28,33). The quantitative estimate of drug-likeness (QED) is 0.500. The second kappa shape index (κ2) is 10.2. The van der Waals surface area contributed by atoms with Crippen molar-refractivity contribution < 1.29 is 18.4 Å². The number of nitrogens with zero attached hydrogens (tertiary/aromatic N) is 4. The monoisotopic (exact) mass is 508 g/mol. The number of carbonyl (C=O) groups excluding carboxylic acids is 2. The van der Waals surface area contributed by atoms with Crippen LogP contribution in [0.1, 0.15) is 28.3 Å². The number of likely N-dealkylation sites (N-methyl/N-ethyl adjacent to an activating group) is 1. The van der Waals surface area contributed by atoms with E-state index in [-0.39, 0.29) is 34.4 Å². The van der Waals surface area contributed by atoms with Gasteiger partial charge in [0.05, 0.1) is 27.5 Å². The molecule has 0 fully saturated rings. The number of amides is 2. The molecule has 1 aliphatic rings. The molecule has 2 aromatic heterocycles. The number of fused-ring (bicyclic) bond motifs is 1. The Hall–Kier alpha value is -2.89. The highest BCUT2D eigenvalue weighted by Crippen LogP contribution is 2.31. The molecule has 1 aromatic carbocycles. The number of nitrogens with one attached hydrogen (secondary N) is 2. The van der Waals surface area contributed by atoms with E-state index in [4.69, 9.17) is 11.6 Å². The maximum absolute atomic E-state index is 14.7. The number of rotatable bonds is 6. The Balaban J connectivity index is 1.74. The van der Waals surface area contributed by atoms with E-state index in [1.165, 1.54) is 24.5 Å². The lowest BCUT2D eigenvalue weighted by molar-refractivity contribution is -0.122. The third kappa shape index (κ3) is 4.96. The van der Waals surface area contributed by atoms with Gasteiger partial charge >= 0.3 is 0 Å². The predicted molar refractivity (Wildman–Crippen MR) is 125 cm³/mol. The molecule has 12 heteroatoms. The number of carbonyl (C=O) groups is 2. The van der Waals surface area contributed by atoms with Crippen LogP contribution >= 0.6 is 22.9 Å². The molecule has 0 radical (unpaired) electrons. The lowest BCUT2D eigenvalue weighted by Gasteiger charge is -2.17. The molecule has 2 amide bonds. The molecule has 0 saturated heterocycles. The number of benzene rings is 1. The third-order valence-electron chi connectivity index (χ3n) is 5.64. The minimum absolute atomic E-state index is 0.00146. The highest BCUT2D eigenvalue weighted by Gasteiger charge is 2.30. The summed E-state index contributed by atoms with van der Waals surface area (Å²) in [5.41, 5.74) is 2.98. The summed E-state index contributed by atoms with van der Waals surface area (Å²) in [6.45, 7) is 1.64. The molecular weight excluding hydrogens is 486 g/mol. The number of hydrogen-bond acceptors (Lipinski definition) is 6. The Morgan fingerprint density at radius 1 is 1.26 bits per heavy atom. The van der Waals surface area contributed by atoms with Crippen LogP contribution in [0.4, 0.5) is 8.78 Å². The van der Waals surface area contributed by atoms with Crippen molar-refractivity contribution in [3.63, 3.8) is 0 Å². The number of halogens is 3. The molecular formula is C22H23ClF2N6O2S. The summed E-state index contributed by atoms with van der Waals surface area (Å²) in [4.78, 5) is 36.5. The fraction of sp³-hybridized carbons (Fsp3) is 0.364. The van der Waals surface area contributed by atoms with E-state index in [1.807, 2.05) is 11.9 Å². The third-order valence-corrected chi connectivity index (χ3v) is 6.57. The number of thiazole rings is 1. The van der Waals surface area contributed by atoms with Gasteiger partial charge in [-0.1, -0.05) is 11.6 Å². The van der Waals surface area contributed by atoms with Gasteiger partial charge in [-0.05, 0) is 26.1 Å². The Kier molecular flexibility index (Phi) is 7.24. The first kappa shape index (κ1) is 24.2. The van der Waals surface area contributed by atoms with E-state index >= 15 is 0 Å². The van der Waals surface area contributed by atoms with Gasteiger partial charge in [-0.25, -0.2) is 18.7 Å². The van der Waals surface area contributed by atoms with Gasteiger partial charge in [0.15, 0.2) is 5.69 Å². The lowest BCUT2D eigenvalue weighted by atomic mass is 10.1. The maximum atomic E-state index is 14.7. The second-order valence-electron chi connectivity index (χ2n) is 8.04. The molecule has 8 nitrogen and oxygen atoms in total. The van der Waals surface area contributed by atoms with E-state index < -0.39 is 23.6 Å². The topological polar surface area (TPSA) is 92.1 Å². The molecule has 3 aromatic rings. The van der Waals surface area contributed by atoms with E-state index in [0.29, 0.717) is 30.5 Å². The van der Waals surface area contributed by atoms with Gasteiger partial charge in [-0.15, -0.1) is 11.3 Å². The van der Waals surface area contributed by atoms with Crippen LogP contribution < -0.4 is 10.6 Å². The first-order valence-corrected chi connectivity index (χ1v) is 11.9. The minimum Gasteiger partial charge on any atom is -0.357 e. The van der Waals surface area contributed by atoms with Crippen molar-refractivity contribution in [1.29, 1.82) is 0 Å². The van der Waals surface area contributed by atoms with Crippen molar-refractivity contribution in [3.05, 3.63) is 56.8 Å².